The number of sulfonamides is 1. The van der Waals surface area contributed by atoms with E-state index in [4.69, 9.17) is 4.74 Å². The first kappa shape index (κ1) is 16.3. The summed E-state index contributed by atoms with van der Waals surface area (Å²) >= 11 is 0. The van der Waals surface area contributed by atoms with E-state index in [9.17, 15) is 8.42 Å². The lowest BCUT2D eigenvalue weighted by Crippen LogP contribution is -2.29. The van der Waals surface area contributed by atoms with Crippen LogP contribution in [-0.2, 0) is 16.6 Å². The van der Waals surface area contributed by atoms with Crippen LogP contribution in [0.1, 0.15) is 25.3 Å². The van der Waals surface area contributed by atoms with Crippen molar-refractivity contribution < 1.29 is 13.2 Å². The van der Waals surface area contributed by atoms with Gasteiger partial charge in [-0.15, -0.1) is 0 Å². The third-order valence-corrected chi connectivity index (χ3v) is 5.37. The number of rotatable bonds is 8. The standard InChI is InChI=1S/C15H24N2O3S/c1-11(13-5-6-13)9-17-21(18,19)15-8-12(10-16-2)4-7-14(15)20-3/h4,7-8,11,13,16-17H,5-6,9-10H2,1-3H3. The van der Waals surface area contributed by atoms with Gasteiger partial charge in [-0.05, 0) is 49.4 Å². The molecule has 0 aromatic heterocycles. The largest absolute Gasteiger partial charge is 0.495 e. The second-order valence-electron chi connectivity index (χ2n) is 5.68. The molecule has 0 spiro atoms. The van der Waals surface area contributed by atoms with Crippen LogP contribution < -0.4 is 14.8 Å². The van der Waals surface area contributed by atoms with Crippen molar-refractivity contribution in [2.75, 3.05) is 20.7 Å². The van der Waals surface area contributed by atoms with Crippen LogP contribution in [0.25, 0.3) is 0 Å². The summed E-state index contributed by atoms with van der Waals surface area (Å²) < 4.78 is 32.9. The van der Waals surface area contributed by atoms with Crippen LogP contribution in [0.2, 0.25) is 0 Å². The number of methoxy groups -OCH3 is 1. The summed E-state index contributed by atoms with van der Waals surface area (Å²) in [6.45, 7) is 3.19. The van der Waals surface area contributed by atoms with Crippen molar-refractivity contribution in [1.29, 1.82) is 0 Å². The van der Waals surface area contributed by atoms with Crippen molar-refractivity contribution >= 4 is 10.0 Å². The molecule has 2 N–H and O–H groups in total. The summed E-state index contributed by atoms with van der Waals surface area (Å²) in [4.78, 5) is 0.209. The summed E-state index contributed by atoms with van der Waals surface area (Å²) in [5, 5.41) is 3.02. The lowest BCUT2D eigenvalue weighted by molar-refractivity contribution is 0.401. The van der Waals surface area contributed by atoms with Gasteiger partial charge in [-0.2, -0.15) is 0 Å². The van der Waals surface area contributed by atoms with Crippen molar-refractivity contribution in [1.82, 2.24) is 10.0 Å². The monoisotopic (exact) mass is 312 g/mol. The Morgan fingerprint density at radius 3 is 2.67 bits per heavy atom. The van der Waals surface area contributed by atoms with Gasteiger partial charge in [0.2, 0.25) is 10.0 Å². The molecular weight excluding hydrogens is 288 g/mol. The van der Waals surface area contributed by atoms with Crippen LogP contribution in [-0.4, -0.2) is 29.1 Å². The predicted octanol–water partition coefficient (Wildman–Crippen LogP) is 1.74. The van der Waals surface area contributed by atoms with E-state index in [2.05, 4.69) is 17.0 Å². The maximum absolute atomic E-state index is 12.5. The Kier molecular flexibility index (Phi) is 5.24. The van der Waals surface area contributed by atoms with Crippen LogP contribution in [0.4, 0.5) is 0 Å². The molecule has 0 amide bonds. The van der Waals surface area contributed by atoms with E-state index < -0.39 is 10.0 Å². The number of ether oxygens (including phenoxy) is 1. The molecule has 118 valence electrons. The van der Waals surface area contributed by atoms with Gasteiger partial charge in [0.25, 0.3) is 0 Å². The maximum atomic E-state index is 12.5. The van der Waals surface area contributed by atoms with Crippen molar-refractivity contribution in [3.63, 3.8) is 0 Å². The van der Waals surface area contributed by atoms with Gasteiger partial charge in [0.05, 0.1) is 7.11 Å². The number of nitrogens with one attached hydrogen (secondary N) is 2. The SMILES string of the molecule is CNCc1ccc(OC)c(S(=O)(=O)NCC(C)C2CC2)c1. The second-order valence-corrected chi connectivity index (χ2v) is 7.42. The molecule has 1 aromatic rings. The van der Waals surface area contributed by atoms with E-state index >= 15 is 0 Å². The van der Waals surface area contributed by atoms with Gasteiger partial charge in [-0.25, -0.2) is 13.1 Å². The quantitative estimate of drug-likeness (QED) is 0.767. The fourth-order valence-electron chi connectivity index (χ4n) is 2.40. The van der Waals surface area contributed by atoms with Gasteiger partial charge >= 0.3 is 0 Å². The number of benzene rings is 1. The molecule has 0 saturated heterocycles. The molecule has 1 fully saturated rings. The van der Waals surface area contributed by atoms with Gasteiger partial charge in [0, 0.05) is 13.1 Å². The minimum absolute atomic E-state index is 0.209. The van der Waals surface area contributed by atoms with E-state index in [0.29, 0.717) is 30.7 Å². The zero-order chi connectivity index (χ0) is 15.5. The van der Waals surface area contributed by atoms with Gasteiger partial charge < -0.3 is 10.1 Å². The third-order valence-electron chi connectivity index (χ3n) is 3.92. The fraction of sp³-hybridized carbons (Fsp3) is 0.600. The molecule has 0 heterocycles. The van der Waals surface area contributed by atoms with Crippen LogP contribution in [0, 0.1) is 11.8 Å². The third kappa shape index (κ3) is 4.18. The lowest BCUT2D eigenvalue weighted by atomic mass is 10.1. The Morgan fingerprint density at radius 2 is 2.10 bits per heavy atom. The highest BCUT2D eigenvalue weighted by Crippen LogP contribution is 2.36. The summed E-state index contributed by atoms with van der Waals surface area (Å²) in [6, 6.07) is 5.23. The molecule has 1 aliphatic rings. The Morgan fingerprint density at radius 1 is 1.38 bits per heavy atom. The minimum Gasteiger partial charge on any atom is -0.495 e. The predicted molar refractivity (Wildman–Crippen MR) is 82.8 cm³/mol. The Labute approximate surface area is 127 Å². The maximum Gasteiger partial charge on any atom is 0.244 e. The number of hydrogen-bond acceptors (Lipinski definition) is 4. The first-order valence-electron chi connectivity index (χ1n) is 7.29. The molecule has 0 bridgehead atoms. The second kappa shape index (κ2) is 6.77. The zero-order valence-corrected chi connectivity index (χ0v) is 13.7. The van der Waals surface area contributed by atoms with Crippen molar-refractivity contribution in [3.05, 3.63) is 23.8 Å². The molecule has 1 aliphatic carbocycles. The molecular formula is C15H24N2O3S. The molecule has 0 radical (unpaired) electrons. The van der Waals surface area contributed by atoms with E-state index in [1.807, 2.05) is 13.1 Å². The molecule has 2 rings (SSSR count). The van der Waals surface area contributed by atoms with Gasteiger partial charge in [-0.1, -0.05) is 13.0 Å². The Balaban J connectivity index is 2.17. The summed E-state index contributed by atoms with van der Waals surface area (Å²) in [5.74, 6) is 1.43. The molecule has 21 heavy (non-hydrogen) atoms. The number of hydrogen-bond donors (Lipinski definition) is 2. The average molecular weight is 312 g/mol. The van der Waals surface area contributed by atoms with E-state index in [0.717, 1.165) is 5.56 Å². The van der Waals surface area contributed by atoms with E-state index in [-0.39, 0.29) is 4.90 Å². The normalized spacial score (nSPS) is 16.7. The van der Waals surface area contributed by atoms with Crippen LogP contribution in [0.15, 0.2) is 23.1 Å². The average Bonchev–Trinajstić information content (AvgIpc) is 3.30. The molecule has 6 heteroatoms. The van der Waals surface area contributed by atoms with Gasteiger partial charge in [0.15, 0.2) is 0 Å². The summed E-state index contributed by atoms with van der Waals surface area (Å²) in [6.07, 6.45) is 2.42. The first-order chi connectivity index (χ1) is 9.97. The van der Waals surface area contributed by atoms with Crippen LogP contribution in [0.3, 0.4) is 0 Å². The van der Waals surface area contributed by atoms with E-state index in [1.165, 1.54) is 20.0 Å². The topological polar surface area (TPSA) is 67.4 Å². The van der Waals surface area contributed by atoms with Gasteiger partial charge in [0.1, 0.15) is 10.6 Å². The fourth-order valence-corrected chi connectivity index (χ4v) is 3.76. The summed E-state index contributed by atoms with van der Waals surface area (Å²) in [7, 11) is -0.235. The molecule has 0 aliphatic heterocycles. The summed E-state index contributed by atoms with van der Waals surface area (Å²) in [5.41, 5.74) is 0.911. The smallest absolute Gasteiger partial charge is 0.244 e. The highest BCUT2D eigenvalue weighted by molar-refractivity contribution is 7.89. The van der Waals surface area contributed by atoms with Crippen LogP contribution in [0.5, 0.6) is 5.75 Å². The first-order valence-corrected chi connectivity index (χ1v) is 8.77. The van der Waals surface area contributed by atoms with Crippen molar-refractivity contribution in [2.45, 2.75) is 31.2 Å². The highest BCUT2D eigenvalue weighted by atomic mass is 32.2. The van der Waals surface area contributed by atoms with Gasteiger partial charge in [-0.3, -0.25) is 0 Å². The van der Waals surface area contributed by atoms with E-state index in [1.54, 1.807) is 12.1 Å². The highest BCUT2D eigenvalue weighted by Gasteiger charge is 2.29. The van der Waals surface area contributed by atoms with Crippen LogP contribution >= 0.6 is 0 Å². The zero-order valence-electron chi connectivity index (χ0n) is 12.8. The molecule has 1 atom stereocenters. The minimum atomic E-state index is -3.55. The molecule has 1 unspecified atom stereocenters. The Bertz CT molecular complexity index is 583. The van der Waals surface area contributed by atoms with Crippen molar-refractivity contribution in [2.24, 2.45) is 11.8 Å². The Hall–Kier alpha value is -1.11. The lowest BCUT2D eigenvalue weighted by Gasteiger charge is -2.15. The molecule has 5 nitrogen and oxygen atoms in total. The van der Waals surface area contributed by atoms with Crippen molar-refractivity contribution in [3.8, 4) is 5.75 Å². The molecule has 1 aromatic carbocycles. The molecule has 1 saturated carbocycles.